The molecule has 0 aliphatic carbocycles. The van der Waals surface area contributed by atoms with Crippen molar-refractivity contribution in [2.24, 2.45) is 0 Å². The summed E-state index contributed by atoms with van der Waals surface area (Å²) in [6, 6.07) is 18.3. The van der Waals surface area contributed by atoms with E-state index >= 15 is 0 Å². The van der Waals surface area contributed by atoms with Crippen molar-refractivity contribution in [2.45, 2.75) is 26.7 Å². The van der Waals surface area contributed by atoms with E-state index in [0.29, 0.717) is 10.8 Å². The quantitative estimate of drug-likeness (QED) is 0.477. The number of nitrogens with one attached hydrogen (secondary N) is 1. The molecule has 2 aromatic heterocycles. The second-order valence-electron chi connectivity index (χ2n) is 6.92. The number of aromatic nitrogens is 1. The summed E-state index contributed by atoms with van der Waals surface area (Å²) < 4.78 is 0. The third-order valence-electron chi connectivity index (χ3n) is 4.52. The van der Waals surface area contributed by atoms with Crippen molar-refractivity contribution in [3.63, 3.8) is 0 Å². The number of thiophene rings is 1. The summed E-state index contributed by atoms with van der Waals surface area (Å²) in [5.41, 5.74) is 4.24. The van der Waals surface area contributed by atoms with Crippen molar-refractivity contribution in [2.75, 3.05) is 5.32 Å². The van der Waals surface area contributed by atoms with Crippen molar-refractivity contribution in [3.8, 4) is 0 Å². The van der Waals surface area contributed by atoms with Gasteiger partial charge in [-0.3, -0.25) is 4.79 Å². The normalized spacial score (nSPS) is 11.4. The van der Waals surface area contributed by atoms with E-state index in [1.54, 1.807) is 0 Å². The lowest BCUT2D eigenvalue weighted by Crippen LogP contribution is -2.09. The van der Waals surface area contributed by atoms with E-state index in [4.69, 9.17) is 4.98 Å². The summed E-state index contributed by atoms with van der Waals surface area (Å²) in [7, 11) is 0. The zero-order valence-electron chi connectivity index (χ0n) is 15.0. The molecular formula is C22H20N2OS. The zero-order valence-corrected chi connectivity index (χ0v) is 15.9. The van der Waals surface area contributed by atoms with Gasteiger partial charge in [0.2, 0.25) is 0 Å². The van der Waals surface area contributed by atoms with Crippen LogP contribution < -0.4 is 5.32 Å². The number of hydrogen-bond acceptors (Lipinski definition) is 3. The maximum atomic E-state index is 12.6. The predicted octanol–water partition coefficient (Wildman–Crippen LogP) is 6.13. The monoisotopic (exact) mass is 360 g/mol. The Morgan fingerprint density at radius 1 is 1.00 bits per heavy atom. The fraction of sp³-hybridized carbons (Fsp3) is 0.182. The maximum Gasteiger partial charge on any atom is 0.265 e. The van der Waals surface area contributed by atoms with Crippen molar-refractivity contribution >= 4 is 44.1 Å². The first-order valence-corrected chi connectivity index (χ1v) is 9.53. The van der Waals surface area contributed by atoms with Gasteiger partial charge < -0.3 is 5.32 Å². The fourth-order valence-electron chi connectivity index (χ4n) is 3.01. The molecule has 0 aliphatic heterocycles. The number of nitrogens with zero attached hydrogens (tertiary/aromatic N) is 1. The number of carbonyl (C=O) groups is 1. The highest BCUT2D eigenvalue weighted by atomic mass is 32.1. The number of hydrogen-bond donors (Lipinski definition) is 1. The van der Waals surface area contributed by atoms with Crippen LogP contribution in [0.3, 0.4) is 0 Å². The number of rotatable bonds is 3. The Bertz CT molecular complexity index is 1110. The molecule has 0 radical (unpaired) electrons. The summed E-state index contributed by atoms with van der Waals surface area (Å²) >= 11 is 1.43. The van der Waals surface area contributed by atoms with Crippen LogP contribution in [-0.4, -0.2) is 10.9 Å². The van der Waals surface area contributed by atoms with Gasteiger partial charge in [-0.15, -0.1) is 11.3 Å². The van der Waals surface area contributed by atoms with E-state index in [9.17, 15) is 4.79 Å². The van der Waals surface area contributed by atoms with E-state index < -0.39 is 0 Å². The lowest BCUT2D eigenvalue weighted by molar-refractivity contribution is 0.103. The van der Waals surface area contributed by atoms with Gasteiger partial charge >= 0.3 is 0 Å². The standard InChI is InChI=1S/C22H20N2OS/c1-13(2)15-5-7-18(8-6-15)23-21(25)20-12-17-11-16-10-14(3)4-9-19(16)24-22(17)26-20/h4-13H,1-3H3,(H,23,25). The van der Waals surface area contributed by atoms with Crippen LogP contribution in [0.15, 0.2) is 54.6 Å². The Kier molecular flexibility index (Phi) is 4.21. The van der Waals surface area contributed by atoms with E-state index in [2.05, 4.69) is 56.4 Å². The molecule has 0 saturated carbocycles. The molecule has 4 heteroatoms. The number of aryl methyl sites for hydroxylation is 1. The summed E-state index contributed by atoms with van der Waals surface area (Å²) in [6.07, 6.45) is 0. The molecule has 0 atom stereocenters. The molecule has 0 spiro atoms. The Labute approximate surface area is 156 Å². The highest BCUT2D eigenvalue weighted by Crippen LogP contribution is 2.28. The SMILES string of the molecule is Cc1ccc2nc3sc(C(=O)Nc4ccc(C(C)C)cc4)cc3cc2c1. The topological polar surface area (TPSA) is 42.0 Å². The van der Waals surface area contributed by atoms with Crippen LogP contribution in [0.5, 0.6) is 0 Å². The molecule has 4 rings (SSSR count). The number of fused-ring (bicyclic) bond motifs is 2. The minimum Gasteiger partial charge on any atom is -0.321 e. The van der Waals surface area contributed by atoms with E-state index in [1.807, 2.05) is 24.3 Å². The minimum absolute atomic E-state index is 0.0921. The molecule has 26 heavy (non-hydrogen) atoms. The van der Waals surface area contributed by atoms with E-state index in [1.165, 1.54) is 22.5 Å². The molecule has 0 saturated heterocycles. The Balaban J connectivity index is 1.63. The molecule has 2 aromatic carbocycles. The largest absolute Gasteiger partial charge is 0.321 e. The first-order chi connectivity index (χ1) is 12.5. The number of benzene rings is 2. The molecule has 1 amide bonds. The van der Waals surface area contributed by atoms with Gasteiger partial charge in [0.15, 0.2) is 0 Å². The predicted molar refractivity (Wildman–Crippen MR) is 110 cm³/mol. The number of carbonyl (C=O) groups excluding carboxylic acids is 1. The molecule has 0 unspecified atom stereocenters. The third kappa shape index (κ3) is 3.20. The van der Waals surface area contributed by atoms with Crippen LogP contribution in [0.4, 0.5) is 5.69 Å². The van der Waals surface area contributed by atoms with E-state index in [0.717, 1.165) is 26.8 Å². The molecule has 0 bridgehead atoms. The Morgan fingerprint density at radius 2 is 1.77 bits per heavy atom. The summed E-state index contributed by atoms with van der Waals surface area (Å²) in [6.45, 7) is 6.38. The second kappa shape index (κ2) is 6.54. The van der Waals surface area contributed by atoms with Gasteiger partial charge in [0.1, 0.15) is 4.83 Å². The highest BCUT2D eigenvalue weighted by molar-refractivity contribution is 7.20. The van der Waals surface area contributed by atoms with Crippen LogP contribution >= 0.6 is 11.3 Å². The number of amides is 1. The van der Waals surface area contributed by atoms with Crippen molar-refractivity contribution in [1.82, 2.24) is 4.98 Å². The second-order valence-corrected chi connectivity index (χ2v) is 7.95. The van der Waals surface area contributed by atoms with Crippen LogP contribution in [0.25, 0.3) is 21.1 Å². The maximum absolute atomic E-state index is 12.6. The van der Waals surface area contributed by atoms with Crippen LogP contribution in [-0.2, 0) is 0 Å². The van der Waals surface area contributed by atoms with Crippen LogP contribution in [0.1, 0.15) is 40.6 Å². The van der Waals surface area contributed by atoms with Gasteiger partial charge in [0.25, 0.3) is 5.91 Å². The van der Waals surface area contributed by atoms with Crippen LogP contribution in [0.2, 0.25) is 0 Å². The summed E-state index contributed by atoms with van der Waals surface area (Å²) in [5, 5.41) is 5.09. The third-order valence-corrected chi connectivity index (χ3v) is 5.56. The van der Waals surface area contributed by atoms with Gasteiger partial charge in [-0.05, 0) is 54.8 Å². The van der Waals surface area contributed by atoms with Gasteiger partial charge in [-0.1, -0.05) is 37.6 Å². The smallest absolute Gasteiger partial charge is 0.265 e. The van der Waals surface area contributed by atoms with Crippen molar-refractivity contribution in [1.29, 1.82) is 0 Å². The molecular weight excluding hydrogens is 340 g/mol. The van der Waals surface area contributed by atoms with Crippen molar-refractivity contribution < 1.29 is 4.79 Å². The highest BCUT2D eigenvalue weighted by Gasteiger charge is 2.12. The summed E-state index contributed by atoms with van der Waals surface area (Å²) in [5.74, 6) is 0.386. The Hall–Kier alpha value is -2.72. The lowest BCUT2D eigenvalue weighted by atomic mass is 10.0. The van der Waals surface area contributed by atoms with Gasteiger partial charge in [-0.25, -0.2) is 4.98 Å². The van der Waals surface area contributed by atoms with Gasteiger partial charge in [-0.2, -0.15) is 0 Å². The molecule has 2 heterocycles. The van der Waals surface area contributed by atoms with Crippen molar-refractivity contribution in [3.05, 3.63) is 70.6 Å². The average Bonchev–Trinajstić information content (AvgIpc) is 3.03. The molecule has 3 nitrogen and oxygen atoms in total. The molecule has 0 aliphatic rings. The van der Waals surface area contributed by atoms with Gasteiger partial charge in [0, 0.05) is 16.5 Å². The zero-order chi connectivity index (χ0) is 18.3. The number of pyridine rings is 1. The number of anilines is 1. The Morgan fingerprint density at radius 3 is 2.50 bits per heavy atom. The first-order valence-electron chi connectivity index (χ1n) is 8.72. The van der Waals surface area contributed by atoms with Gasteiger partial charge in [0.05, 0.1) is 10.4 Å². The molecule has 0 fully saturated rings. The summed E-state index contributed by atoms with van der Waals surface area (Å²) in [4.78, 5) is 18.9. The van der Waals surface area contributed by atoms with Crippen LogP contribution in [0, 0.1) is 6.92 Å². The van der Waals surface area contributed by atoms with E-state index in [-0.39, 0.29) is 5.91 Å². The average molecular weight is 360 g/mol. The molecule has 1 N–H and O–H groups in total. The first kappa shape index (κ1) is 16.7. The molecule has 130 valence electrons. The molecule has 4 aromatic rings. The minimum atomic E-state index is -0.0921. The fourth-order valence-corrected chi connectivity index (χ4v) is 3.93. The lowest BCUT2D eigenvalue weighted by Gasteiger charge is -2.07.